The molecule has 0 unspecified atom stereocenters. The van der Waals surface area contributed by atoms with E-state index >= 15 is 0 Å². The van der Waals surface area contributed by atoms with Crippen LogP contribution in [0.25, 0.3) is 0 Å². The zero-order valence-corrected chi connectivity index (χ0v) is 9.60. The van der Waals surface area contributed by atoms with E-state index in [9.17, 15) is 17.7 Å². The molecule has 0 radical (unpaired) electrons. The van der Waals surface area contributed by atoms with Crippen molar-refractivity contribution in [2.45, 2.75) is 6.36 Å². The summed E-state index contributed by atoms with van der Waals surface area (Å²) in [5.74, 6) is -0.520. The van der Waals surface area contributed by atoms with Crippen molar-refractivity contribution in [2.75, 3.05) is 19.1 Å². The fourth-order valence-electron chi connectivity index (χ4n) is 1.07. The quantitative estimate of drug-likeness (QED) is 0.650. The standard InChI is InChI=1S/C9H11F3NO2P/c1-16(2,14)6-3-4-7(13)8(5-6)15-9(10,11)12/h3-5H,13H2,1-2H3. The third kappa shape index (κ3) is 3.45. The molecule has 0 saturated carbocycles. The van der Waals surface area contributed by atoms with Gasteiger partial charge in [0.05, 0.1) is 5.69 Å². The predicted molar refractivity (Wildman–Crippen MR) is 56.6 cm³/mol. The molecule has 2 N–H and O–H groups in total. The molecule has 0 aliphatic carbocycles. The van der Waals surface area contributed by atoms with Crippen LogP contribution < -0.4 is 15.8 Å². The lowest BCUT2D eigenvalue weighted by Crippen LogP contribution is -2.19. The van der Waals surface area contributed by atoms with Crippen molar-refractivity contribution < 1.29 is 22.5 Å². The Hall–Kier alpha value is -1.16. The number of ether oxygens (including phenoxy) is 1. The van der Waals surface area contributed by atoms with Crippen molar-refractivity contribution in [3.8, 4) is 5.75 Å². The second-order valence-corrected chi connectivity index (χ2v) is 6.84. The lowest BCUT2D eigenvalue weighted by molar-refractivity contribution is -0.274. The van der Waals surface area contributed by atoms with Gasteiger partial charge in [0.25, 0.3) is 0 Å². The van der Waals surface area contributed by atoms with Crippen LogP contribution in [0.2, 0.25) is 0 Å². The molecule has 0 atom stereocenters. The van der Waals surface area contributed by atoms with Crippen LogP contribution in [-0.4, -0.2) is 19.7 Å². The van der Waals surface area contributed by atoms with Crippen molar-refractivity contribution in [3.63, 3.8) is 0 Å². The zero-order chi connectivity index (χ0) is 12.6. The summed E-state index contributed by atoms with van der Waals surface area (Å²) >= 11 is 0. The van der Waals surface area contributed by atoms with E-state index in [1.54, 1.807) is 0 Å². The fraction of sp³-hybridized carbons (Fsp3) is 0.333. The van der Waals surface area contributed by atoms with E-state index < -0.39 is 19.3 Å². The SMILES string of the molecule is CP(C)(=O)c1ccc(N)c(OC(F)(F)F)c1. The molecule has 0 aromatic heterocycles. The molecule has 16 heavy (non-hydrogen) atoms. The molecule has 0 saturated heterocycles. The van der Waals surface area contributed by atoms with Gasteiger partial charge in [-0.05, 0) is 31.5 Å². The molecule has 0 bridgehead atoms. The Balaban J connectivity index is 3.15. The van der Waals surface area contributed by atoms with Crippen LogP contribution in [0.5, 0.6) is 5.75 Å². The molecule has 1 aromatic carbocycles. The second-order valence-electron chi connectivity index (χ2n) is 3.62. The average molecular weight is 253 g/mol. The van der Waals surface area contributed by atoms with E-state index in [0.717, 1.165) is 6.07 Å². The van der Waals surface area contributed by atoms with Gasteiger partial charge in [-0.1, -0.05) is 0 Å². The minimum absolute atomic E-state index is 0.144. The van der Waals surface area contributed by atoms with Gasteiger partial charge >= 0.3 is 6.36 Å². The number of hydrogen-bond donors (Lipinski definition) is 1. The van der Waals surface area contributed by atoms with Gasteiger partial charge in [0.2, 0.25) is 0 Å². The minimum Gasteiger partial charge on any atom is -0.404 e. The Kier molecular flexibility index (Phi) is 3.24. The molecule has 0 spiro atoms. The molecule has 0 heterocycles. The van der Waals surface area contributed by atoms with E-state index in [1.807, 2.05) is 0 Å². The van der Waals surface area contributed by atoms with Gasteiger partial charge in [-0.2, -0.15) is 0 Å². The molecule has 1 rings (SSSR count). The molecule has 0 amide bonds. The Morgan fingerprint density at radius 1 is 1.31 bits per heavy atom. The lowest BCUT2D eigenvalue weighted by atomic mass is 10.3. The van der Waals surface area contributed by atoms with Crippen molar-refractivity contribution >= 4 is 18.1 Å². The number of nitrogens with two attached hydrogens (primary N) is 1. The maximum atomic E-state index is 12.0. The number of halogens is 3. The van der Waals surface area contributed by atoms with Gasteiger partial charge in [0.1, 0.15) is 7.14 Å². The van der Waals surface area contributed by atoms with Crippen molar-refractivity contribution in [2.24, 2.45) is 0 Å². The summed E-state index contributed by atoms with van der Waals surface area (Å²) in [4.78, 5) is 0. The average Bonchev–Trinajstić information content (AvgIpc) is 2.04. The van der Waals surface area contributed by atoms with Crippen LogP contribution in [0.4, 0.5) is 18.9 Å². The van der Waals surface area contributed by atoms with Crippen molar-refractivity contribution in [1.82, 2.24) is 0 Å². The second kappa shape index (κ2) is 4.01. The van der Waals surface area contributed by atoms with Gasteiger partial charge in [-0.25, -0.2) is 0 Å². The van der Waals surface area contributed by atoms with Crippen LogP contribution >= 0.6 is 7.14 Å². The van der Waals surface area contributed by atoms with E-state index in [-0.39, 0.29) is 5.69 Å². The van der Waals surface area contributed by atoms with Crippen LogP contribution in [0.15, 0.2) is 18.2 Å². The van der Waals surface area contributed by atoms with Gasteiger partial charge in [-0.15, -0.1) is 13.2 Å². The fourth-order valence-corrected chi connectivity index (χ4v) is 1.93. The summed E-state index contributed by atoms with van der Waals surface area (Å²) in [6, 6.07) is 3.74. The van der Waals surface area contributed by atoms with Crippen LogP contribution in [0.3, 0.4) is 0 Å². The Bertz CT molecular complexity index is 439. The van der Waals surface area contributed by atoms with Crippen molar-refractivity contribution in [3.05, 3.63) is 18.2 Å². The summed E-state index contributed by atoms with van der Waals surface area (Å²) in [5.41, 5.74) is 5.18. The zero-order valence-electron chi connectivity index (χ0n) is 8.71. The van der Waals surface area contributed by atoms with E-state index in [1.165, 1.54) is 25.5 Å². The third-order valence-corrected chi connectivity index (χ3v) is 3.37. The van der Waals surface area contributed by atoms with E-state index in [4.69, 9.17) is 5.73 Å². The third-order valence-electron chi connectivity index (χ3n) is 1.84. The number of rotatable bonds is 2. The predicted octanol–water partition coefficient (Wildman–Crippen LogP) is 2.42. The number of nitrogen functional groups attached to an aromatic ring is 1. The molecule has 7 heteroatoms. The van der Waals surface area contributed by atoms with Crippen molar-refractivity contribution in [1.29, 1.82) is 0 Å². The van der Waals surface area contributed by atoms with Crippen LogP contribution in [0.1, 0.15) is 0 Å². The number of benzene rings is 1. The first-order chi connectivity index (χ1) is 7.09. The normalized spacial score (nSPS) is 12.6. The summed E-state index contributed by atoms with van der Waals surface area (Å²) in [6.45, 7) is 2.91. The highest BCUT2D eigenvalue weighted by Crippen LogP contribution is 2.37. The van der Waals surface area contributed by atoms with Gasteiger partial charge in [0.15, 0.2) is 5.75 Å². The molecule has 90 valence electrons. The summed E-state index contributed by atoms with van der Waals surface area (Å²) in [7, 11) is -2.63. The first-order valence-corrected chi connectivity index (χ1v) is 6.90. The Morgan fingerprint density at radius 2 is 1.88 bits per heavy atom. The molecule has 1 aromatic rings. The van der Waals surface area contributed by atoms with Crippen LogP contribution in [-0.2, 0) is 4.57 Å². The lowest BCUT2D eigenvalue weighted by Gasteiger charge is -2.14. The van der Waals surface area contributed by atoms with Gasteiger partial charge in [0, 0.05) is 5.30 Å². The number of anilines is 1. The topological polar surface area (TPSA) is 52.3 Å². The Labute approximate surface area is 90.8 Å². The maximum absolute atomic E-state index is 12.0. The molecular formula is C9H11F3NO2P. The number of hydrogen-bond acceptors (Lipinski definition) is 3. The van der Waals surface area contributed by atoms with Gasteiger partial charge < -0.3 is 15.0 Å². The van der Waals surface area contributed by atoms with Gasteiger partial charge in [-0.3, -0.25) is 0 Å². The number of alkyl halides is 3. The highest BCUT2D eigenvalue weighted by atomic mass is 31.2. The largest absolute Gasteiger partial charge is 0.573 e. The van der Waals surface area contributed by atoms with Crippen LogP contribution in [0, 0.1) is 0 Å². The summed E-state index contributed by atoms with van der Waals surface area (Å²) in [5, 5.41) is 0.293. The smallest absolute Gasteiger partial charge is 0.404 e. The first-order valence-electron chi connectivity index (χ1n) is 4.30. The molecule has 0 aliphatic rings. The molecule has 3 nitrogen and oxygen atoms in total. The molecule has 0 aliphatic heterocycles. The summed E-state index contributed by atoms with van der Waals surface area (Å²) < 4.78 is 51.4. The summed E-state index contributed by atoms with van der Waals surface area (Å²) in [6.07, 6.45) is -4.81. The van der Waals surface area contributed by atoms with E-state index in [0.29, 0.717) is 5.30 Å². The van der Waals surface area contributed by atoms with E-state index in [2.05, 4.69) is 4.74 Å². The maximum Gasteiger partial charge on any atom is 0.573 e. The highest BCUT2D eigenvalue weighted by Gasteiger charge is 2.32. The first kappa shape index (κ1) is 12.9. The monoisotopic (exact) mass is 253 g/mol. The molecule has 0 fully saturated rings. The Morgan fingerprint density at radius 3 is 2.31 bits per heavy atom. The highest BCUT2D eigenvalue weighted by molar-refractivity contribution is 7.70. The minimum atomic E-state index is -4.81. The molecular weight excluding hydrogens is 242 g/mol.